The molecule has 0 radical (unpaired) electrons. The molecule has 1 saturated heterocycles. The Morgan fingerprint density at radius 1 is 1.53 bits per heavy atom. The van der Waals surface area contributed by atoms with Gasteiger partial charge in [0.15, 0.2) is 0 Å². The lowest BCUT2D eigenvalue weighted by Gasteiger charge is -2.41. The number of nitrogens with zero attached hydrogens (tertiary/aromatic N) is 1. The van der Waals surface area contributed by atoms with E-state index in [1.54, 1.807) is 0 Å². The standard InChI is InChI=1S/C13H20N2OS/c1-9-4-7-17-13(9)12-11(8-14)16-6-5-15(12)10-2-3-10/h4,7,10-12H,2-3,5-6,8,14H2,1H3. The van der Waals surface area contributed by atoms with Gasteiger partial charge in [0.25, 0.3) is 0 Å². The van der Waals surface area contributed by atoms with Crippen molar-refractivity contribution in [2.45, 2.75) is 38.0 Å². The van der Waals surface area contributed by atoms with Gasteiger partial charge in [0.2, 0.25) is 0 Å². The van der Waals surface area contributed by atoms with Gasteiger partial charge >= 0.3 is 0 Å². The highest BCUT2D eigenvalue weighted by Gasteiger charge is 2.41. The third-order valence-corrected chi connectivity index (χ3v) is 4.90. The van der Waals surface area contributed by atoms with Gasteiger partial charge in [0.1, 0.15) is 0 Å². The van der Waals surface area contributed by atoms with Crippen LogP contribution in [0.5, 0.6) is 0 Å². The van der Waals surface area contributed by atoms with E-state index in [-0.39, 0.29) is 6.10 Å². The normalized spacial score (nSPS) is 30.7. The molecule has 0 spiro atoms. The van der Waals surface area contributed by atoms with E-state index < -0.39 is 0 Å². The average molecular weight is 252 g/mol. The van der Waals surface area contributed by atoms with Crippen LogP contribution in [0.3, 0.4) is 0 Å². The highest BCUT2D eigenvalue weighted by molar-refractivity contribution is 7.10. The van der Waals surface area contributed by atoms with E-state index in [0.29, 0.717) is 12.6 Å². The van der Waals surface area contributed by atoms with Crippen LogP contribution in [0.25, 0.3) is 0 Å². The molecule has 1 aliphatic carbocycles. The summed E-state index contributed by atoms with van der Waals surface area (Å²) in [5.74, 6) is 0. The summed E-state index contributed by atoms with van der Waals surface area (Å²) >= 11 is 1.85. The van der Waals surface area contributed by atoms with Gasteiger partial charge in [-0.25, -0.2) is 0 Å². The number of thiophene rings is 1. The Hall–Kier alpha value is -0.420. The van der Waals surface area contributed by atoms with Crippen LogP contribution in [0.1, 0.15) is 29.3 Å². The van der Waals surface area contributed by atoms with E-state index in [2.05, 4.69) is 23.3 Å². The zero-order valence-corrected chi connectivity index (χ0v) is 11.1. The van der Waals surface area contributed by atoms with E-state index in [4.69, 9.17) is 10.5 Å². The molecule has 1 aromatic heterocycles. The first-order chi connectivity index (χ1) is 8.31. The second-order valence-electron chi connectivity index (χ2n) is 5.03. The van der Waals surface area contributed by atoms with Crippen molar-refractivity contribution < 1.29 is 4.74 Å². The van der Waals surface area contributed by atoms with Crippen LogP contribution in [0.2, 0.25) is 0 Å². The molecule has 94 valence electrons. The van der Waals surface area contributed by atoms with Gasteiger partial charge in [-0.1, -0.05) is 0 Å². The van der Waals surface area contributed by atoms with E-state index >= 15 is 0 Å². The maximum absolute atomic E-state index is 5.89. The number of hydrogen-bond acceptors (Lipinski definition) is 4. The summed E-state index contributed by atoms with van der Waals surface area (Å²) in [7, 11) is 0. The van der Waals surface area contributed by atoms with Crippen molar-refractivity contribution >= 4 is 11.3 Å². The molecule has 2 aliphatic rings. The molecule has 2 fully saturated rings. The minimum Gasteiger partial charge on any atom is -0.374 e. The molecule has 1 aromatic rings. The van der Waals surface area contributed by atoms with Crippen LogP contribution in [-0.4, -0.2) is 36.7 Å². The predicted molar refractivity (Wildman–Crippen MR) is 70.3 cm³/mol. The Labute approximate surface area is 107 Å². The van der Waals surface area contributed by atoms with Gasteiger partial charge in [-0.2, -0.15) is 0 Å². The first kappa shape index (κ1) is 11.7. The van der Waals surface area contributed by atoms with Crippen molar-refractivity contribution in [1.82, 2.24) is 4.90 Å². The molecule has 3 nitrogen and oxygen atoms in total. The first-order valence-electron chi connectivity index (χ1n) is 6.42. The molecular formula is C13H20N2OS. The van der Waals surface area contributed by atoms with Crippen molar-refractivity contribution in [2.75, 3.05) is 19.7 Å². The number of rotatable bonds is 3. The summed E-state index contributed by atoms with van der Waals surface area (Å²) in [5, 5.41) is 2.18. The first-order valence-corrected chi connectivity index (χ1v) is 7.30. The number of morpholine rings is 1. The van der Waals surface area contributed by atoms with Gasteiger partial charge in [-0.3, -0.25) is 4.90 Å². The maximum atomic E-state index is 5.89. The molecule has 3 rings (SSSR count). The zero-order valence-electron chi connectivity index (χ0n) is 10.3. The van der Waals surface area contributed by atoms with Crippen LogP contribution in [0.4, 0.5) is 0 Å². The van der Waals surface area contributed by atoms with Gasteiger partial charge in [0, 0.05) is 24.0 Å². The second kappa shape index (κ2) is 4.69. The van der Waals surface area contributed by atoms with Gasteiger partial charge in [-0.05, 0) is 36.8 Å². The largest absolute Gasteiger partial charge is 0.374 e. The minimum atomic E-state index is 0.168. The molecule has 0 amide bonds. The van der Waals surface area contributed by atoms with Crippen LogP contribution >= 0.6 is 11.3 Å². The fraction of sp³-hybridized carbons (Fsp3) is 0.692. The fourth-order valence-electron chi connectivity index (χ4n) is 2.77. The molecule has 17 heavy (non-hydrogen) atoms. The van der Waals surface area contributed by atoms with Crippen LogP contribution in [0.15, 0.2) is 11.4 Å². The second-order valence-corrected chi connectivity index (χ2v) is 5.97. The smallest absolute Gasteiger partial charge is 0.0902 e. The molecule has 0 aromatic carbocycles. The predicted octanol–water partition coefficient (Wildman–Crippen LogP) is 1.92. The highest BCUT2D eigenvalue weighted by atomic mass is 32.1. The quantitative estimate of drug-likeness (QED) is 0.893. The molecule has 2 N–H and O–H groups in total. The molecule has 0 bridgehead atoms. The fourth-order valence-corrected chi connectivity index (χ4v) is 3.87. The molecule has 1 saturated carbocycles. The van der Waals surface area contributed by atoms with Gasteiger partial charge in [-0.15, -0.1) is 11.3 Å². The summed E-state index contributed by atoms with van der Waals surface area (Å²) in [6.07, 6.45) is 2.86. The summed E-state index contributed by atoms with van der Waals surface area (Å²) in [5.41, 5.74) is 7.27. The van der Waals surface area contributed by atoms with Gasteiger partial charge in [0.05, 0.1) is 18.8 Å². The summed E-state index contributed by atoms with van der Waals surface area (Å²) in [6, 6.07) is 3.37. The zero-order chi connectivity index (χ0) is 11.8. The number of ether oxygens (including phenoxy) is 1. The number of hydrogen-bond donors (Lipinski definition) is 1. The molecular weight excluding hydrogens is 232 g/mol. The Morgan fingerprint density at radius 2 is 2.35 bits per heavy atom. The maximum Gasteiger partial charge on any atom is 0.0902 e. The molecule has 1 aliphatic heterocycles. The lowest BCUT2D eigenvalue weighted by Crippen LogP contribution is -2.49. The summed E-state index contributed by atoms with van der Waals surface area (Å²) in [6.45, 7) is 4.70. The van der Waals surface area contributed by atoms with Crippen molar-refractivity contribution in [3.8, 4) is 0 Å². The molecule has 4 heteroatoms. The Morgan fingerprint density at radius 3 is 2.94 bits per heavy atom. The SMILES string of the molecule is Cc1ccsc1C1C(CN)OCCN1C1CC1. The number of aryl methyl sites for hydroxylation is 1. The van der Waals surface area contributed by atoms with Crippen LogP contribution in [0, 0.1) is 6.92 Å². The van der Waals surface area contributed by atoms with E-state index in [0.717, 1.165) is 19.2 Å². The summed E-state index contributed by atoms with van der Waals surface area (Å²) < 4.78 is 5.87. The van der Waals surface area contributed by atoms with Crippen molar-refractivity contribution in [1.29, 1.82) is 0 Å². The van der Waals surface area contributed by atoms with Gasteiger partial charge < -0.3 is 10.5 Å². The van der Waals surface area contributed by atoms with Crippen molar-refractivity contribution in [2.24, 2.45) is 5.73 Å². The molecule has 2 heterocycles. The van der Waals surface area contributed by atoms with E-state index in [9.17, 15) is 0 Å². The molecule has 2 unspecified atom stereocenters. The lowest BCUT2D eigenvalue weighted by atomic mass is 10.0. The van der Waals surface area contributed by atoms with Crippen LogP contribution in [-0.2, 0) is 4.74 Å². The Kier molecular flexibility index (Phi) is 3.21. The Balaban J connectivity index is 1.91. The monoisotopic (exact) mass is 252 g/mol. The minimum absolute atomic E-state index is 0.168. The topological polar surface area (TPSA) is 38.5 Å². The van der Waals surface area contributed by atoms with Crippen molar-refractivity contribution in [3.05, 3.63) is 21.9 Å². The van der Waals surface area contributed by atoms with Crippen molar-refractivity contribution in [3.63, 3.8) is 0 Å². The lowest BCUT2D eigenvalue weighted by molar-refractivity contribution is -0.0702. The third-order valence-electron chi connectivity index (χ3n) is 3.81. The molecule has 2 atom stereocenters. The van der Waals surface area contributed by atoms with E-state index in [1.165, 1.54) is 23.3 Å². The summed E-state index contributed by atoms with van der Waals surface area (Å²) in [4.78, 5) is 4.08. The number of nitrogens with two attached hydrogens (primary N) is 1. The Bertz CT molecular complexity index is 389. The van der Waals surface area contributed by atoms with Crippen LogP contribution < -0.4 is 5.73 Å². The van der Waals surface area contributed by atoms with E-state index in [1.807, 2.05) is 11.3 Å². The average Bonchev–Trinajstić information content (AvgIpc) is 3.11. The third kappa shape index (κ3) is 2.15. The highest BCUT2D eigenvalue weighted by Crippen LogP contribution is 2.41.